The van der Waals surface area contributed by atoms with Crippen LogP contribution in [0, 0.1) is 5.92 Å². The minimum absolute atomic E-state index is 0.00961. The summed E-state index contributed by atoms with van der Waals surface area (Å²) in [7, 11) is 0. The van der Waals surface area contributed by atoms with E-state index in [-0.39, 0.29) is 18.0 Å². The Hall–Kier alpha value is -1.69. The van der Waals surface area contributed by atoms with Crippen molar-refractivity contribution in [2.24, 2.45) is 5.92 Å². The van der Waals surface area contributed by atoms with E-state index < -0.39 is 0 Å². The fourth-order valence-corrected chi connectivity index (χ4v) is 3.23. The molecule has 1 saturated heterocycles. The van der Waals surface area contributed by atoms with Gasteiger partial charge in [0.15, 0.2) is 0 Å². The molecule has 3 rings (SSSR count). The van der Waals surface area contributed by atoms with Gasteiger partial charge in [-0.05, 0) is 30.2 Å². The molecule has 1 amide bonds. The minimum Gasteiger partial charge on any atom is -0.341 e. The molecule has 0 atom stereocenters. The molecule has 5 nitrogen and oxygen atoms in total. The van der Waals surface area contributed by atoms with Gasteiger partial charge in [-0.3, -0.25) is 14.2 Å². The largest absolute Gasteiger partial charge is 0.341 e. The SMILES string of the molecule is CC1CCN(C(=O)Cn2cnc3sccc3c2=O)CC1. The van der Waals surface area contributed by atoms with Crippen LogP contribution < -0.4 is 5.56 Å². The number of hydrogen-bond donors (Lipinski definition) is 0. The van der Waals surface area contributed by atoms with E-state index in [2.05, 4.69) is 11.9 Å². The number of fused-ring (bicyclic) bond motifs is 1. The van der Waals surface area contributed by atoms with E-state index in [1.54, 1.807) is 6.07 Å². The summed E-state index contributed by atoms with van der Waals surface area (Å²) in [5, 5.41) is 2.44. The standard InChI is InChI=1S/C14H17N3O2S/c1-10-2-5-16(6-3-10)12(18)8-17-9-15-13-11(14(17)19)4-7-20-13/h4,7,9-10H,2-3,5-6,8H2,1H3. The predicted octanol–water partition coefficient (Wildman–Crippen LogP) is 1.72. The van der Waals surface area contributed by atoms with Crippen LogP contribution in [-0.4, -0.2) is 33.4 Å². The highest BCUT2D eigenvalue weighted by Crippen LogP contribution is 2.16. The van der Waals surface area contributed by atoms with Crippen LogP contribution in [0.25, 0.3) is 10.2 Å². The summed E-state index contributed by atoms with van der Waals surface area (Å²) in [4.78, 5) is 31.3. The maximum atomic E-state index is 12.2. The number of aromatic nitrogens is 2. The van der Waals surface area contributed by atoms with Crippen LogP contribution in [0.4, 0.5) is 0 Å². The average molecular weight is 291 g/mol. The number of amides is 1. The molecular weight excluding hydrogens is 274 g/mol. The quantitative estimate of drug-likeness (QED) is 0.846. The van der Waals surface area contributed by atoms with Gasteiger partial charge in [-0.15, -0.1) is 11.3 Å². The first-order valence-corrected chi connectivity index (χ1v) is 7.73. The van der Waals surface area contributed by atoms with Crippen LogP contribution in [0.5, 0.6) is 0 Å². The van der Waals surface area contributed by atoms with Crippen LogP contribution in [0.2, 0.25) is 0 Å². The molecule has 3 heterocycles. The molecule has 0 N–H and O–H groups in total. The Morgan fingerprint density at radius 3 is 2.95 bits per heavy atom. The second kappa shape index (κ2) is 5.36. The zero-order chi connectivity index (χ0) is 14.1. The Balaban J connectivity index is 1.77. The Morgan fingerprint density at radius 1 is 1.45 bits per heavy atom. The molecule has 0 spiro atoms. The lowest BCUT2D eigenvalue weighted by atomic mass is 9.99. The smallest absolute Gasteiger partial charge is 0.262 e. The lowest BCUT2D eigenvalue weighted by Crippen LogP contribution is -2.41. The summed E-state index contributed by atoms with van der Waals surface area (Å²) in [6.45, 7) is 3.89. The fraction of sp³-hybridized carbons (Fsp3) is 0.500. The zero-order valence-electron chi connectivity index (χ0n) is 11.4. The summed E-state index contributed by atoms with van der Waals surface area (Å²) in [5.74, 6) is 0.695. The van der Waals surface area contributed by atoms with Gasteiger partial charge >= 0.3 is 0 Å². The molecular formula is C14H17N3O2S. The summed E-state index contributed by atoms with van der Waals surface area (Å²) >= 11 is 1.44. The number of piperidine rings is 1. The van der Waals surface area contributed by atoms with Crippen molar-refractivity contribution in [1.29, 1.82) is 0 Å². The Morgan fingerprint density at radius 2 is 2.20 bits per heavy atom. The van der Waals surface area contributed by atoms with Gasteiger partial charge in [-0.25, -0.2) is 4.98 Å². The molecule has 20 heavy (non-hydrogen) atoms. The van der Waals surface area contributed by atoms with Gasteiger partial charge in [-0.2, -0.15) is 0 Å². The first-order chi connectivity index (χ1) is 9.65. The average Bonchev–Trinajstić information content (AvgIpc) is 2.92. The lowest BCUT2D eigenvalue weighted by Gasteiger charge is -2.30. The van der Waals surface area contributed by atoms with Gasteiger partial charge in [0, 0.05) is 13.1 Å². The first kappa shape index (κ1) is 13.3. The van der Waals surface area contributed by atoms with E-state index in [0.29, 0.717) is 11.3 Å². The van der Waals surface area contributed by atoms with E-state index in [4.69, 9.17) is 0 Å². The second-order valence-electron chi connectivity index (χ2n) is 5.38. The highest BCUT2D eigenvalue weighted by molar-refractivity contribution is 7.16. The predicted molar refractivity (Wildman–Crippen MR) is 78.9 cm³/mol. The number of hydrogen-bond acceptors (Lipinski definition) is 4. The van der Waals surface area contributed by atoms with Crippen molar-refractivity contribution in [3.05, 3.63) is 28.1 Å². The Bertz CT molecular complexity index is 683. The third-order valence-electron chi connectivity index (χ3n) is 3.89. The molecule has 0 radical (unpaired) electrons. The van der Waals surface area contributed by atoms with Crippen molar-refractivity contribution in [3.8, 4) is 0 Å². The molecule has 0 bridgehead atoms. The maximum Gasteiger partial charge on any atom is 0.262 e. The summed E-state index contributed by atoms with van der Waals surface area (Å²) < 4.78 is 1.41. The summed E-state index contributed by atoms with van der Waals surface area (Å²) in [6.07, 6.45) is 3.57. The van der Waals surface area contributed by atoms with Gasteiger partial charge in [0.2, 0.25) is 5.91 Å². The number of thiophene rings is 1. The molecule has 2 aromatic rings. The number of likely N-dealkylation sites (tertiary alicyclic amines) is 1. The van der Waals surface area contributed by atoms with Crippen LogP contribution in [0.15, 0.2) is 22.6 Å². The van der Waals surface area contributed by atoms with Gasteiger partial charge in [-0.1, -0.05) is 6.92 Å². The summed E-state index contributed by atoms with van der Waals surface area (Å²) in [5.41, 5.74) is -0.130. The van der Waals surface area contributed by atoms with Crippen LogP contribution in [0.1, 0.15) is 19.8 Å². The van der Waals surface area contributed by atoms with E-state index in [1.165, 1.54) is 22.2 Å². The van der Waals surface area contributed by atoms with Crippen LogP contribution in [0.3, 0.4) is 0 Å². The van der Waals surface area contributed by atoms with Crippen molar-refractivity contribution < 1.29 is 4.79 Å². The fourth-order valence-electron chi connectivity index (χ4n) is 2.51. The van der Waals surface area contributed by atoms with Crippen molar-refractivity contribution in [2.45, 2.75) is 26.3 Å². The number of carbonyl (C=O) groups excluding carboxylic acids is 1. The molecule has 0 aliphatic carbocycles. The van der Waals surface area contributed by atoms with Crippen molar-refractivity contribution in [1.82, 2.24) is 14.5 Å². The normalized spacial score (nSPS) is 16.8. The van der Waals surface area contributed by atoms with Gasteiger partial charge in [0.1, 0.15) is 11.4 Å². The van der Waals surface area contributed by atoms with Gasteiger partial charge in [0.25, 0.3) is 5.56 Å². The Kier molecular flexibility index (Phi) is 3.56. The third-order valence-corrected chi connectivity index (χ3v) is 4.71. The molecule has 1 aliphatic rings. The maximum absolute atomic E-state index is 12.2. The monoisotopic (exact) mass is 291 g/mol. The van der Waals surface area contributed by atoms with Gasteiger partial charge < -0.3 is 4.90 Å². The molecule has 6 heteroatoms. The number of rotatable bonds is 2. The van der Waals surface area contributed by atoms with Crippen molar-refractivity contribution in [3.63, 3.8) is 0 Å². The minimum atomic E-state index is -0.130. The zero-order valence-corrected chi connectivity index (χ0v) is 12.2. The molecule has 1 aliphatic heterocycles. The van der Waals surface area contributed by atoms with Crippen LogP contribution in [-0.2, 0) is 11.3 Å². The second-order valence-corrected chi connectivity index (χ2v) is 6.27. The lowest BCUT2D eigenvalue weighted by molar-refractivity contribution is -0.133. The van der Waals surface area contributed by atoms with E-state index >= 15 is 0 Å². The van der Waals surface area contributed by atoms with Gasteiger partial charge in [0.05, 0.1) is 11.7 Å². The number of nitrogens with zero attached hydrogens (tertiary/aromatic N) is 3. The first-order valence-electron chi connectivity index (χ1n) is 6.85. The van der Waals surface area contributed by atoms with Crippen molar-refractivity contribution in [2.75, 3.05) is 13.1 Å². The topological polar surface area (TPSA) is 55.2 Å². The van der Waals surface area contributed by atoms with Crippen LogP contribution >= 0.6 is 11.3 Å². The molecule has 1 fully saturated rings. The molecule has 0 aromatic carbocycles. The molecule has 0 saturated carbocycles. The molecule has 106 valence electrons. The highest BCUT2D eigenvalue weighted by Gasteiger charge is 2.20. The molecule has 2 aromatic heterocycles. The molecule has 0 unspecified atom stereocenters. The third kappa shape index (κ3) is 2.47. The van der Waals surface area contributed by atoms with E-state index in [9.17, 15) is 9.59 Å². The van der Waals surface area contributed by atoms with Crippen molar-refractivity contribution >= 4 is 27.5 Å². The summed E-state index contributed by atoms with van der Waals surface area (Å²) in [6, 6.07) is 1.76. The Labute approximate surface area is 120 Å². The highest BCUT2D eigenvalue weighted by atomic mass is 32.1. The van der Waals surface area contributed by atoms with E-state index in [0.717, 1.165) is 30.8 Å². The van der Waals surface area contributed by atoms with E-state index in [1.807, 2.05) is 10.3 Å². The number of carbonyl (C=O) groups is 1.